The van der Waals surface area contributed by atoms with Gasteiger partial charge in [-0.15, -0.1) is 0 Å². The van der Waals surface area contributed by atoms with E-state index < -0.39 is 0 Å². The largest absolute Gasteiger partial charge is 0.333 e. The molecule has 0 amide bonds. The molecule has 0 atom stereocenters. The molecule has 0 aliphatic rings. The van der Waals surface area contributed by atoms with Crippen LogP contribution in [0.3, 0.4) is 0 Å². The zero-order valence-corrected chi connectivity index (χ0v) is 6.53. The monoisotopic (exact) mass is 149 g/mol. The number of rotatable bonds is 1. The summed E-state index contributed by atoms with van der Waals surface area (Å²) in [5.41, 5.74) is 1.56. The van der Waals surface area contributed by atoms with E-state index in [4.69, 9.17) is 10.1 Å². The number of nitrogens with zero attached hydrogens (tertiary/aromatic N) is 2. The van der Waals surface area contributed by atoms with Crippen LogP contribution in [0, 0.1) is 18.3 Å². The van der Waals surface area contributed by atoms with E-state index in [9.17, 15) is 0 Å². The highest BCUT2D eigenvalue weighted by Gasteiger charge is 2.08. The van der Waals surface area contributed by atoms with Crippen LogP contribution >= 0.6 is 0 Å². The summed E-state index contributed by atoms with van der Waals surface area (Å²) in [6.07, 6.45) is 1.72. The maximum atomic E-state index is 8.62. The molecule has 0 fully saturated rings. The molecule has 0 radical (unpaired) electrons. The molecule has 3 nitrogen and oxygen atoms in total. The van der Waals surface area contributed by atoms with E-state index in [1.807, 2.05) is 19.1 Å². The van der Waals surface area contributed by atoms with Gasteiger partial charge in [0.25, 0.3) is 0 Å². The first kappa shape index (κ1) is 7.55. The first-order valence-corrected chi connectivity index (χ1v) is 3.25. The predicted molar refractivity (Wildman–Crippen MR) is 38.6 cm³/mol. The topological polar surface area (TPSA) is 36.9 Å². The third-order valence-corrected chi connectivity index (χ3v) is 1.39. The summed E-state index contributed by atoms with van der Waals surface area (Å²) < 4.78 is 1.42. The van der Waals surface area contributed by atoms with E-state index in [-0.39, 0.29) is 0 Å². The van der Waals surface area contributed by atoms with Crippen molar-refractivity contribution in [2.45, 2.75) is 6.92 Å². The Kier molecular flexibility index (Phi) is 2.07. The fourth-order valence-electron chi connectivity index (χ4n) is 0.834. The summed E-state index contributed by atoms with van der Waals surface area (Å²) in [6, 6.07) is 5.67. The van der Waals surface area contributed by atoms with Crippen LogP contribution in [0.4, 0.5) is 0 Å². The summed E-state index contributed by atoms with van der Waals surface area (Å²) in [5.74, 6) is 0. The van der Waals surface area contributed by atoms with Crippen LogP contribution in [0.15, 0.2) is 18.3 Å². The minimum atomic E-state index is 0.507. The molecular formula is C8H9N2O+. The van der Waals surface area contributed by atoms with Crippen LogP contribution in [-0.4, -0.2) is 7.11 Å². The van der Waals surface area contributed by atoms with E-state index in [0.29, 0.717) is 5.69 Å². The average molecular weight is 149 g/mol. The summed E-state index contributed by atoms with van der Waals surface area (Å²) >= 11 is 0. The molecule has 0 aromatic carbocycles. The van der Waals surface area contributed by atoms with Gasteiger partial charge in [-0.2, -0.15) is 5.26 Å². The van der Waals surface area contributed by atoms with E-state index in [1.165, 1.54) is 11.8 Å². The Hall–Kier alpha value is -1.56. The maximum Gasteiger partial charge on any atom is 0.333 e. The molecule has 0 aliphatic carbocycles. The highest BCUT2D eigenvalue weighted by atomic mass is 16.6. The van der Waals surface area contributed by atoms with Gasteiger partial charge in [-0.05, 0) is 12.5 Å². The van der Waals surface area contributed by atoms with E-state index in [0.717, 1.165) is 5.56 Å². The normalized spacial score (nSPS) is 8.82. The standard InChI is InChI=1S/C8H9N2O/c1-7-3-4-10(11-2)8(5-7)6-9/h3-5H,1-2H3/q+1. The quantitative estimate of drug-likeness (QED) is 0.535. The molecule has 0 saturated carbocycles. The molecule has 0 bridgehead atoms. The zero-order chi connectivity index (χ0) is 8.27. The van der Waals surface area contributed by atoms with E-state index in [1.54, 1.807) is 12.3 Å². The van der Waals surface area contributed by atoms with Gasteiger partial charge in [-0.25, -0.2) is 0 Å². The van der Waals surface area contributed by atoms with Crippen molar-refractivity contribution in [3.63, 3.8) is 0 Å². The van der Waals surface area contributed by atoms with Crippen molar-refractivity contribution in [3.8, 4) is 6.07 Å². The first-order chi connectivity index (χ1) is 5.27. The fraction of sp³-hybridized carbons (Fsp3) is 0.250. The molecule has 3 heteroatoms. The van der Waals surface area contributed by atoms with Gasteiger partial charge in [0.2, 0.25) is 6.20 Å². The van der Waals surface area contributed by atoms with Crippen molar-refractivity contribution < 1.29 is 9.57 Å². The Morgan fingerprint density at radius 1 is 1.64 bits per heavy atom. The Bertz CT molecular complexity index is 301. The van der Waals surface area contributed by atoms with Crippen molar-refractivity contribution >= 4 is 0 Å². The SMILES string of the molecule is CO[n+]1ccc(C)cc1C#N. The lowest BCUT2D eigenvalue weighted by Gasteiger charge is -1.92. The number of aromatic nitrogens is 1. The third-order valence-electron chi connectivity index (χ3n) is 1.39. The summed E-state index contributed by atoms with van der Waals surface area (Å²) in [5, 5.41) is 8.62. The predicted octanol–water partition coefficient (Wildman–Crippen LogP) is 0.213. The van der Waals surface area contributed by atoms with Crippen LogP contribution in [0.25, 0.3) is 0 Å². The molecule has 0 saturated heterocycles. The maximum absolute atomic E-state index is 8.62. The molecule has 0 spiro atoms. The van der Waals surface area contributed by atoms with Crippen molar-refractivity contribution in [3.05, 3.63) is 29.6 Å². The van der Waals surface area contributed by atoms with Crippen molar-refractivity contribution in [2.24, 2.45) is 0 Å². The van der Waals surface area contributed by atoms with Crippen molar-refractivity contribution in [1.29, 1.82) is 5.26 Å². The Morgan fingerprint density at radius 2 is 2.36 bits per heavy atom. The van der Waals surface area contributed by atoms with E-state index >= 15 is 0 Å². The molecule has 1 rings (SSSR count). The van der Waals surface area contributed by atoms with Crippen molar-refractivity contribution in [1.82, 2.24) is 0 Å². The van der Waals surface area contributed by atoms with Gasteiger partial charge in [0.05, 0.1) is 0 Å². The van der Waals surface area contributed by atoms with Gasteiger partial charge >= 0.3 is 5.69 Å². The second-order valence-corrected chi connectivity index (χ2v) is 2.21. The lowest BCUT2D eigenvalue weighted by Crippen LogP contribution is -2.43. The Balaban J connectivity index is 3.19. The fourth-order valence-corrected chi connectivity index (χ4v) is 0.834. The van der Waals surface area contributed by atoms with E-state index in [2.05, 4.69) is 0 Å². The molecule has 1 aromatic rings. The second-order valence-electron chi connectivity index (χ2n) is 2.21. The van der Waals surface area contributed by atoms with Gasteiger partial charge in [-0.3, -0.25) is 4.84 Å². The van der Waals surface area contributed by atoms with Crippen LogP contribution in [0.1, 0.15) is 11.3 Å². The number of nitriles is 1. The number of aryl methyl sites for hydroxylation is 1. The number of pyridine rings is 1. The Labute approximate surface area is 65.4 Å². The molecular weight excluding hydrogens is 140 g/mol. The molecule has 0 aliphatic heterocycles. The number of hydrogen-bond acceptors (Lipinski definition) is 2. The summed E-state index contributed by atoms with van der Waals surface area (Å²) in [6.45, 7) is 1.93. The smallest absolute Gasteiger partial charge is 0.273 e. The van der Waals surface area contributed by atoms with Crippen LogP contribution in [0.2, 0.25) is 0 Å². The molecule has 0 N–H and O–H groups in total. The number of hydrogen-bond donors (Lipinski definition) is 0. The minimum Gasteiger partial charge on any atom is -0.273 e. The lowest BCUT2D eigenvalue weighted by atomic mass is 10.2. The lowest BCUT2D eigenvalue weighted by molar-refractivity contribution is -0.887. The van der Waals surface area contributed by atoms with Crippen LogP contribution < -0.4 is 9.57 Å². The summed E-state index contributed by atoms with van der Waals surface area (Å²) in [4.78, 5) is 4.89. The molecule has 11 heavy (non-hydrogen) atoms. The van der Waals surface area contributed by atoms with Gasteiger partial charge in [0.15, 0.2) is 6.07 Å². The van der Waals surface area contributed by atoms with Crippen LogP contribution in [0.5, 0.6) is 0 Å². The summed E-state index contributed by atoms with van der Waals surface area (Å²) in [7, 11) is 1.52. The first-order valence-electron chi connectivity index (χ1n) is 3.25. The molecule has 0 unspecified atom stereocenters. The van der Waals surface area contributed by atoms with Gasteiger partial charge < -0.3 is 0 Å². The zero-order valence-electron chi connectivity index (χ0n) is 6.53. The molecule has 56 valence electrons. The highest BCUT2D eigenvalue weighted by molar-refractivity contribution is 5.19. The van der Waals surface area contributed by atoms with Crippen molar-refractivity contribution in [2.75, 3.05) is 7.11 Å². The highest BCUT2D eigenvalue weighted by Crippen LogP contribution is 1.95. The van der Waals surface area contributed by atoms with Gasteiger partial charge in [0.1, 0.15) is 7.11 Å². The molecule has 1 heterocycles. The third kappa shape index (κ3) is 1.47. The van der Waals surface area contributed by atoms with Crippen LogP contribution in [-0.2, 0) is 0 Å². The second kappa shape index (κ2) is 3.02. The minimum absolute atomic E-state index is 0.507. The molecule has 1 aromatic heterocycles. The van der Waals surface area contributed by atoms with Gasteiger partial charge in [-0.1, -0.05) is 0 Å². The van der Waals surface area contributed by atoms with Gasteiger partial charge in [0, 0.05) is 16.9 Å². The average Bonchev–Trinajstić information content (AvgIpc) is 2.04. The Morgan fingerprint density at radius 3 is 2.91 bits per heavy atom.